The Morgan fingerprint density at radius 2 is 1.69 bits per heavy atom. The molecule has 0 aliphatic rings. The molecule has 0 amide bonds. The van der Waals surface area contributed by atoms with Crippen LogP contribution in [0.25, 0.3) is 28.3 Å². The molecule has 4 rings (SSSR count). The average molecular weight is 586 g/mol. The number of hydrogen-bond donors (Lipinski definition) is 0. The van der Waals surface area contributed by atoms with Gasteiger partial charge in [-0.3, -0.25) is 9.38 Å². The van der Waals surface area contributed by atoms with Crippen LogP contribution in [0.1, 0.15) is 5.56 Å². The summed E-state index contributed by atoms with van der Waals surface area (Å²) >= 11 is 5.49. The molecule has 3 nitrogen and oxygen atoms in total. The number of aromatic nitrogens is 3. The summed E-state index contributed by atoms with van der Waals surface area (Å²) in [7, 11) is 9.75. The Labute approximate surface area is 173 Å². The van der Waals surface area contributed by atoms with Gasteiger partial charge in [0.15, 0.2) is 0 Å². The number of alkyl halides is 1. The molecule has 0 fully saturated rings. The predicted octanol–water partition coefficient (Wildman–Crippen LogP) is 6.18. The Balaban J connectivity index is 0.000000613. The van der Waals surface area contributed by atoms with E-state index < -0.39 is 16.5 Å². The molecule has 0 atom stereocenters. The van der Waals surface area contributed by atoms with Crippen molar-refractivity contribution in [2.45, 2.75) is 5.88 Å². The van der Waals surface area contributed by atoms with Gasteiger partial charge in [0.25, 0.3) is 0 Å². The van der Waals surface area contributed by atoms with E-state index in [-0.39, 0.29) is 0 Å². The molecule has 136 valence electrons. The molecule has 0 saturated carbocycles. The zero-order valence-electron chi connectivity index (χ0n) is 13.4. The van der Waals surface area contributed by atoms with Crippen LogP contribution >= 0.6 is 30.4 Å². The molecular formula is C19H14Cl3N3Pt. The third-order valence-electron chi connectivity index (χ3n) is 3.80. The van der Waals surface area contributed by atoms with E-state index in [4.69, 9.17) is 35.4 Å². The van der Waals surface area contributed by atoms with E-state index in [9.17, 15) is 0 Å². The van der Waals surface area contributed by atoms with E-state index in [1.807, 2.05) is 54.7 Å². The summed E-state index contributed by atoms with van der Waals surface area (Å²) in [5.74, 6) is 0.475. The van der Waals surface area contributed by atoms with Gasteiger partial charge in [0, 0.05) is 23.8 Å². The van der Waals surface area contributed by atoms with Gasteiger partial charge in [-0.2, -0.15) is 0 Å². The Hall–Kier alpha value is -1.38. The zero-order valence-corrected chi connectivity index (χ0v) is 18.0. The Morgan fingerprint density at radius 3 is 2.35 bits per heavy atom. The molecule has 0 aliphatic carbocycles. The molecule has 7 heteroatoms. The fourth-order valence-electron chi connectivity index (χ4n) is 2.72. The van der Waals surface area contributed by atoms with Gasteiger partial charge in [0.2, 0.25) is 0 Å². The zero-order chi connectivity index (χ0) is 18.4. The van der Waals surface area contributed by atoms with Gasteiger partial charge >= 0.3 is 35.3 Å². The predicted molar refractivity (Wildman–Crippen MR) is 105 cm³/mol. The topological polar surface area (TPSA) is 30.2 Å². The van der Waals surface area contributed by atoms with E-state index in [0.717, 1.165) is 33.9 Å². The van der Waals surface area contributed by atoms with E-state index in [0.29, 0.717) is 5.88 Å². The van der Waals surface area contributed by atoms with Gasteiger partial charge < -0.3 is 0 Å². The minimum atomic E-state index is -0.472. The van der Waals surface area contributed by atoms with Crippen molar-refractivity contribution in [3.05, 3.63) is 78.6 Å². The first-order valence-electron chi connectivity index (χ1n) is 7.64. The number of fused-ring (bicyclic) bond motifs is 1. The summed E-state index contributed by atoms with van der Waals surface area (Å²) in [5, 5.41) is 0. The van der Waals surface area contributed by atoms with Gasteiger partial charge in [-0.15, -0.1) is 11.6 Å². The van der Waals surface area contributed by atoms with E-state index in [2.05, 4.69) is 21.5 Å². The molecule has 0 bridgehead atoms. The van der Waals surface area contributed by atoms with Crippen molar-refractivity contribution in [3.8, 4) is 22.6 Å². The van der Waals surface area contributed by atoms with Crippen LogP contribution in [-0.4, -0.2) is 14.4 Å². The van der Waals surface area contributed by atoms with Crippen LogP contribution in [0.4, 0.5) is 0 Å². The number of hydrogen-bond acceptors (Lipinski definition) is 2. The van der Waals surface area contributed by atoms with Crippen LogP contribution in [-0.2, 0) is 22.4 Å². The van der Waals surface area contributed by atoms with Gasteiger partial charge in [0.05, 0.1) is 11.4 Å². The third-order valence-corrected chi connectivity index (χ3v) is 4.11. The fourth-order valence-corrected chi connectivity index (χ4v) is 2.89. The molecule has 0 N–H and O–H groups in total. The molecule has 0 radical (unpaired) electrons. The second kappa shape index (κ2) is 9.52. The first-order chi connectivity index (χ1) is 12.8. The number of rotatable bonds is 3. The summed E-state index contributed by atoms with van der Waals surface area (Å²) in [5.41, 5.74) is 5.82. The standard InChI is InChI=1S/C19H14ClN3.2ClH.Pt/c20-13-14-9-11-23-17(12-14)22-18(16-8-4-5-10-21-16)19(23)15-6-2-1-3-7-15;;;/h1-12H,13H2;2*1H;/q;;;+2/p-2. The Bertz CT molecular complexity index is 975. The molecule has 0 saturated heterocycles. The van der Waals surface area contributed by atoms with Gasteiger partial charge in [-0.25, -0.2) is 4.98 Å². The second-order valence-electron chi connectivity index (χ2n) is 5.33. The van der Waals surface area contributed by atoms with E-state index in [1.165, 1.54) is 0 Å². The van der Waals surface area contributed by atoms with Gasteiger partial charge in [-0.1, -0.05) is 36.4 Å². The maximum absolute atomic E-state index is 5.96. The number of halogens is 3. The van der Waals surface area contributed by atoms with Gasteiger partial charge in [-0.05, 0) is 29.8 Å². The molecular weight excluding hydrogens is 572 g/mol. The van der Waals surface area contributed by atoms with Gasteiger partial charge in [0.1, 0.15) is 11.3 Å². The second-order valence-corrected chi connectivity index (χ2v) is 8.88. The van der Waals surface area contributed by atoms with Crippen LogP contribution in [0.15, 0.2) is 73.1 Å². The van der Waals surface area contributed by atoms with E-state index >= 15 is 0 Å². The fraction of sp³-hybridized carbons (Fsp3) is 0.0526. The summed E-state index contributed by atoms with van der Waals surface area (Å²) in [4.78, 5) is 9.28. The summed E-state index contributed by atoms with van der Waals surface area (Å²) in [6.07, 6.45) is 3.81. The quantitative estimate of drug-likeness (QED) is 0.269. The molecule has 26 heavy (non-hydrogen) atoms. The third kappa shape index (κ3) is 4.29. The summed E-state index contributed by atoms with van der Waals surface area (Å²) < 4.78 is 2.09. The van der Waals surface area contributed by atoms with Crippen molar-refractivity contribution in [1.82, 2.24) is 14.4 Å². The first-order valence-corrected chi connectivity index (χ1v) is 13.8. The monoisotopic (exact) mass is 584 g/mol. The van der Waals surface area contributed by atoms with Crippen LogP contribution in [0.5, 0.6) is 0 Å². The van der Waals surface area contributed by atoms with Crippen molar-refractivity contribution >= 4 is 36.1 Å². The van der Waals surface area contributed by atoms with Crippen LogP contribution < -0.4 is 0 Å². The van der Waals surface area contributed by atoms with E-state index in [1.54, 1.807) is 6.20 Å². The summed E-state index contributed by atoms with van der Waals surface area (Å²) in [6, 6.07) is 20.2. The summed E-state index contributed by atoms with van der Waals surface area (Å²) in [6.45, 7) is 0. The molecule has 4 aromatic rings. The molecule has 3 heterocycles. The molecule has 3 aromatic heterocycles. The minimum absolute atomic E-state index is 0.472. The number of benzene rings is 1. The van der Waals surface area contributed by atoms with Crippen molar-refractivity contribution in [2.24, 2.45) is 0 Å². The normalized spacial score (nSPS) is 10.6. The van der Waals surface area contributed by atoms with Crippen LogP contribution in [0.2, 0.25) is 0 Å². The number of nitrogens with zero attached hydrogens (tertiary/aromatic N) is 3. The van der Waals surface area contributed by atoms with Crippen molar-refractivity contribution in [3.63, 3.8) is 0 Å². The Morgan fingerprint density at radius 1 is 0.962 bits per heavy atom. The number of imidazole rings is 1. The number of pyridine rings is 2. The Kier molecular flexibility index (Phi) is 7.10. The van der Waals surface area contributed by atoms with Crippen molar-refractivity contribution in [1.29, 1.82) is 0 Å². The van der Waals surface area contributed by atoms with Crippen molar-refractivity contribution < 1.29 is 16.5 Å². The van der Waals surface area contributed by atoms with Crippen molar-refractivity contribution in [2.75, 3.05) is 0 Å². The molecule has 0 spiro atoms. The molecule has 1 aromatic carbocycles. The first kappa shape index (κ1) is 19.4. The SMILES string of the molecule is ClCc1ccn2c(-c3ccccc3)c(-c3ccccn3)nc2c1.[Cl][Pt][Cl]. The molecule has 0 aliphatic heterocycles. The average Bonchev–Trinajstić information content (AvgIpc) is 3.08. The molecule has 0 unspecified atom stereocenters. The maximum atomic E-state index is 5.96. The van der Waals surface area contributed by atoms with Crippen LogP contribution in [0, 0.1) is 0 Å². The van der Waals surface area contributed by atoms with Crippen LogP contribution in [0.3, 0.4) is 0 Å².